The van der Waals surface area contributed by atoms with E-state index < -0.39 is 5.91 Å². The van der Waals surface area contributed by atoms with Crippen LogP contribution in [0.5, 0.6) is 0 Å². The fraction of sp³-hybridized carbons (Fsp3) is 0. The first-order valence-corrected chi connectivity index (χ1v) is 2.40. The normalized spacial score (nSPS) is 8.30. The minimum absolute atomic E-state index is 0.0987. The topological polar surface area (TPSA) is 94.5 Å². The first-order valence-electron chi connectivity index (χ1n) is 2.40. The summed E-state index contributed by atoms with van der Waals surface area (Å²) >= 11 is 0. The number of hydrogen-bond acceptors (Lipinski definition) is 4. The van der Waals surface area contributed by atoms with E-state index >= 15 is 0 Å². The van der Waals surface area contributed by atoms with Crippen LogP contribution >= 0.6 is 0 Å². The Kier molecular flexibility index (Phi) is 1.61. The van der Waals surface area contributed by atoms with Crippen molar-refractivity contribution in [1.29, 1.82) is 5.26 Å². The number of hydrogen-bond donors (Lipinski definition) is 2. The van der Waals surface area contributed by atoms with Gasteiger partial charge in [0.15, 0.2) is 11.9 Å². The Labute approximate surface area is 55.9 Å². The molecule has 2 N–H and O–H groups in total. The molecule has 0 saturated heterocycles. The van der Waals surface area contributed by atoms with E-state index in [1.807, 2.05) is 5.32 Å². The van der Waals surface area contributed by atoms with Crippen LogP contribution in [0.3, 0.4) is 0 Å². The summed E-state index contributed by atoms with van der Waals surface area (Å²) in [6.45, 7) is 0. The maximum Gasteiger partial charge on any atom is 0.286 e. The smallest absolute Gasteiger partial charge is 0.266 e. The average molecular weight is 137 g/mol. The van der Waals surface area contributed by atoms with Gasteiger partial charge in [-0.05, 0) is 0 Å². The van der Waals surface area contributed by atoms with Crippen LogP contribution in [-0.4, -0.2) is 21.3 Å². The van der Waals surface area contributed by atoms with Gasteiger partial charge in [-0.2, -0.15) is 20.7 Å². The second-order valence-corrected chi connectivity index (χ2v) is 1.42. The SMILES string of the molecule is N#CNC(=O)c1cn[nH]n1. The summed E-state index contributed by atoms with van der Waals surface area (Å²) in [6, 6.07) is 0. The number of aromatic nitrogens is 3. The van der Waals surface area contributed by atoms with Crippen LogP contribution in [0.2, 0.25) is 0 Å². The van der Waals surface area contributed by atoms with E-state index in [1.54, 1.807) is 0 Å². The Hall–Kier alpha value is -1.90. The third-order valence-electron chi connectivity index (χ3n) is 0.817. The summed E-state index contributed by atoms with van der Waals surface area (Å²) in [4.78, 5) is 10.6. The van der Waals surface area contributed by atoms with Gasteiger partial charge in [0.25, 0.3) is 5.91 Å². The summed E-state index contributed by atoms with van der Waals surface area (Å²) < 4.78 is 0. The molecule has 6 heteroatoms. The van der Waals surface area contributed by atoms with Gasteiger partial charge in [0.05, 0.1) is 6.20 Å². The molecule has 0 spiro atoms. The Morgan fingerprint density at radius 2 is 2.70 bits per heavy atom. The van der Waals surface area contributed by atoms with Crippen molar-refractivity contribution in [2.24, 2.45) is 0 Å². The highest BCUT2D eigenvalue weighted by Crippen LogP contribution is 1.85. The molecule has 0 aromatic carbocycles. The van der Waals surface area contributed by atoms with Crippen molar-refractivity contribution >= 4 is 5.91 Å². The van der Waals surface area contributed by atoms with E-state index in [1.165, 1.54) is 12.4 Å². The van der Waals surface area contributed by atoms with Crippen LogP contribution in [-0.2, 0) is 0 Å². The van der Waals surface area contributed by atoms with Crippen molar-refractivity contribution in [2.75, 3.05) is 0 Å². The lowest BCUT2D eigenvalue weighted by molar-refractivity contribution is 0.0968. The second kappa shape index (κ2) is 2.59. The van der Waals surface area contributed by atoms with Crippen molar-refractivity contribution in [3.8, 4) is 6.19 Å². The fourth-order valence-electron chi connectivity index (χ4n) is 0.426. The monoisotopic (exact) mass is 137 g/mol. The van der Waals surface area contributed by atoms with Crippen molar-refractivity contribution in [3.05, 3.63) is 11.9 Å². The predicted molar refractivity (Wildman–Crippen MR) is 29.5 cm³/mol. The van der Waals surface area contributed by atoms with Crippen molar-refractivity contribution in [3.63, 3.8) is 0 Å². The number of amides is 1. The minimum atomic E-state index is -0.559. The van der Waals surface area contributed by atoms with Gasteiger partial charge in [-0.15, -0.1) is 0 Å². The standard InChI is InChI=1S/C4H3N5O/c5-2-6-4(10)3-1-7-9-8-3/h1H,(H,6,10)(H,7,8,9). The van der Waals surface area contributed by atoms with Crippen LogP contribution < -0.4 is 5.32 Å². The summed E-state index contributed by atoms with van der Waals surface area (Å²) in [5.74, 6) is -0.559. The lowest BCUT2D eigenvalue weighted by Gasteiger charge is -1.85. The van der Waals surface area contributed by atoms with E-state index in [4.69, 9.17) is 5.26 Å². The lowest BCUT2D eigenvalue weighted by atomic mass is 10.4. The predicted octanol–water partition coefficient (Wildman–Crippen LogP) is -0.984. The third-order valence-corrected chi connectivity index (χ3v) is 0.817. The van der Waals surface area contributed by atoms with Gasteiger partial charge in [0.2, 0.25) is 0 Å². The molecule has 1 rings (SSSR count). The largest absolute Gasteiger partial charge is 0.286 e. The van der Waals surface area contributed by atoms with E-state index in [9.17, 15) is 4.79 Å². The summed E-state index contributed by atoms with van der Waals surface area (Å²) in [5, 5.41) is 18.9. The van der Waals surface area contributed by atoms with E-state index in [0.29, 0.717) is 0 Å². The zero-order valence-electron chi connectivity index (χ0n) is 4.83. The number of carbonyl (C=O) groups excluding carboxylic acids is 1. The molecule has 1 heterocycles. The second-order valence-electron chi connectivity index (χ2n) is 1.42. The van der Waals surface area contributed by atoms with Crippen LogP contribution in [0.4, 0.5) is 0 Å². The summed E-state index contributed by atoms with van der Waals surface area (Å²) in [5.41, 5.74) is 0.0987. The first kappa shape index (κ1) is 6.22. The van der Waals surface area contributed by atoms with Crippen molar-refractivity contribution in [1.82, 2.24) is 20.7 Å². The molecule has 0 atom stereocenters. The molecule has 0 saturated carbocycles. The maximum absolute atomic E-state index is 10.6. The molecule has 0 aliphatic rings. The minimum Gasteiger partial charge on any atom is -0.266 e. The molecule has 50 valence electrons. The van der Waals surface area contributed by atoms with E-state index in [-0.39, 0.29) is 5.69 Å². The van der Waals surface area contributed by atoms with Gasteiger partial charge in [-0.1, -0.05) is 0 Å². The molecule has 0 aliphatic heterocycles. The quantitative estimate of drug-likeness (QED) is 0.384. The zero-order valence-corrected chi connectivity index (χ0v) is 4.83. The highest BCUT2D eigenvalue weighted by atomic mass is 16.1. The summed E-state index contributed by atoms with van der Waals surface area (Å²) in [6.07, 6.45) is 2.70. The number of rotatable bonds is 1. The van der Waals surface area contributed by atoms with Crippen LogP contribution in [0.25, 0.3) is 0 Å². The number of nitriles is 1. The third kappa shape index (κ3) is 1.08. The average Bonchev–Trinajstić information content (AvgIpc) is 2.38. The van der Waals surface area contributed by atoms with Crippen molar-refractivity contribution < 1.29 is 4.79 Å². The number of nitrogens with zero attached hydrogens (tertiary/aromatic N) is 3. The van der Waals surface area contributed by atoms with Gasteiger partial charge in [0.1, 0.15) is 0 Å². The van der Waals surface area contributed by atoms with Crippen LogP contribution in [0.1, 0.15) is 10.5 Å². The molecular weight excluding hydrogens is 134 g/mol. The Morgan fingerprint density at radius 1 is 1.90 bits per heavy atom. The molecule has 0 aliphatic carbocycles. The molecule has 0 bridgehead atoms. The van der Waals surface area contributed by atoms with Gasteiger partial charge in [-0.3, -0.25) is 10.1 Å². The lowest BCUT2D eigenvalue weighted by Crippen LogP contribution is -2.17. The molecular formula is C4H3N5O. The maximum atomic E-state index is 10.6. The molecule has 0 radical (unpaired) electrons. The molecule has 1 aromatic heterocycles. The van der Waals surface area contributed by atoms with E-state index in [2.05, 4.69) is 15.4 Å². The van der Waals surface area contributed by atoms with Gasteiger partial charge >= 0.3 is 0 Å². The molecule has 10 heavy (non-hydrogen) atoms. The fourth-order valence-corrected chi connectivity index (χ4v) is 0.426. The Balaban J connectivity index is 2.71. The molecule has 6 nitrogen and oxygen atoms in total. The first-order chi connectivity index (χ1) is 4.84. The number of nitrogens with one attached hydrogen (secondary N) is 2. The summed E-state index contributed by atoms with van der Waals surface area (Å²) in [7, 11) is 0. The molecule has 1 amide bonds. The van der Waals surface area contributed by atoms with Crippen LogP contribution in [0, 0.1) is 11.5 Å². The highest BCUT2D eigenvalue weighted by molar-refractivity contribution is 5.92. The van der Waals surface area contributed by atoms with Gasteiger partial charge < -0.3 is 0 Å². The number of carbonyl (C=O) groups is 1. The van der Waals surface area contributed by atoms with Gasteiger partial charge in [0, 0.05) is 0 Å². The molecule has 0 fully saturated rings. The molecule has 1 aromatic rings. The van der Waals surface area contributed by atoms with Crippen molar-refractivity contribution in [2.45, 2.75) is 0 Å². The highest BCUT2D eigenvalue weighted by Gasteiger charge is 2.05. The van der Waals surface area contributed by atoms with Crippen LogP contribution in [0.15, 0.2) is 6.20 Å². The van der Waals surface area contributed by atoms with E-state index in [0.717, 1.165) is 0 Å². The zero-order chi connectivity index (χ0) is 7.40. The Morgan fingerprint density at radius 3 is 3.20 bits per heavy atom. The number of H-pyrrole nitrogens is 1. The Bertz CT molecular complexity index is 258. The van der Waals surface area contributed by atoms with Gasteiger partial charge in [-0.25, -0.2) is 0 Å². The molecule has 0 unspecified atom stereocenters. The number of aromatic amines is 1.